The molecule has 158 valence electrons. The van der Waals surface area contributed by atoms with Crippen molar-refractivity contribution < 1.29 is 21.3 Å². The topological polar surface area (TPSA) is 98.5 Å². The van der Waals surface area contributed by atoms with Gasteiger partial charge in [-0.2, -0.15) is 0 Å². The number of hydrogen-bond acceptors (Lipinski definition) is 6. The highest BCUT2D eigenvalue weighted by atomic mass is 32.2. The Morgan fingerprint density at radius 2 is 1.13 bits per heavy atom. The summed E-state index contributed by atoms with van der Waals surface area (Å²) in [6.07, 6.45) is 2.23. The van der Waals surface area contributed by atoms with Gasteiger partial charge >= 0.3 is 0 Å². The van der Waals surface area contributed by atoms with Gasteiger partial charge in [0.25, 0.3) is 0 Å². The molecule has 4 aromatic rings. The van der Waals surface area contributed by atoms with E-state index in [0.29, 0.717) is 22.1 Å². The number of fused-ring (bicyclic) bond motifs is 1. The summed E-state index contributed by atoms with van der Waals surface area (Å²) in [6.45, 7) is 0. The number of benzene rings is 3. The normalized spacial score (nSPS) is 12.2. The second-order valence-corrected chi connectivity index (χ2v) is 11.3. The molecule has 0 amide bonds. The van der Waals surface area contributed by atoms with Crippen LogP contribution in [0.25, 0.3) is 33.4 Å². The first-order valence-corrected chi connectivity index (χ1v) is 13.0. The molecule has 0 fully saturated rings. The first kappa shape index (κ1) is 21.0. The average Bonchev–Trinajstić information content (AvgIpc) is 2.73. The summed E-state index contributed by atoms with van der Waals surface area (Å²) >= 11 is 0. The Bertz CT molecular complexity index is 1560. The van der Waals surface area contributed by atoms with Crippen LogP contribution in [0.4, 0.5) is 0 Å². The Morgan fingerprint density at radius 3 is 1.65 bits per heavy atom. The Labute approximate surface area is 179 Å². The van der Waals surface area contributed by atoms with Crippen LogP contribution in [-0.2, 0) is 19.7 Å². The summed E-state index contributed by atoms with van der Waals surface area (Å²) in [4.78, 5) is 13.6. The van der Waals surface area contributed by atoms with Crippen molar-refractivity contribution in [1.29, 1.82) is 0 Å². The Kier molecular flexibility index (Phi) is 5.07. The molecule has 0 aliphatic carbocycles. The molecule has 0 aliphatic heterocycles. The Morgan fingerprint density at radius 1 is 0.645 bits per heavy atom. The van der Waals surface area contributed by atoms with Gasteiger partial charge in [-0.1, -0.05) is 24.3 Å². The summed E-state index contributed by atoms with van der Waals surface area (Å²) in [5.74, 6) is 0.274. The van der Waals surface area contributed by atoms with Crippen molar-refractivity contribution in [2.24, 2.45) is 0 Å². The van der Waals surface area contributed by atoms with Gasteiger partial charge in [-0.15, -0.1) is 0 Å². The SMILES string of the molecule is CS(=O)(=O)c1ccc(-c2oc3ccccc3c(=O)c2-c2ccc(S(C)(=O)=O)cc2)cc1. The lowest BCUT2D eigenvalue weighted by Crippen LogP contribution is -2.08. The van der Waals surface area contributed by atoms with Crippen LogP contribution in [0.5, 0.6) is 0 Å². The second kappa shape index (κ2) is 7.47. The number of rotatable bonds is 4. The zero-order chi connectivity index (χ0) is 22.4. The quantitative estimate of drug-likeness (QED) is 0.463. The molecular weight excluding hydrogens is 436 g/mol. The van der Waals surface area contributed by atoms with Crippen LogP contribution in [0.2, 0.25) is 0 Å². The van der Waals surface area contributed by atoms with Crippen molar-refractivity contribution in [2.75, 3.05) is 12.5 Å². The van der Waals surface area contributed by atoms with E-state index in [2.05, 4.69) is 0 Å². The molecule has 4 rings (SSSR count). The molecule has 3 aromatic carbocycles. The predicted molar refractivity (Wildman–Crippen MR) is 120 cm³/mol. The minimum Gasteiger partial charge on any atom is -0.455 e. The minimum atomic E-state index is -3.39. The van der Waals surface area contributed by atoms with Crippen LogP contribution >= 0.6 is 0 Å². The van der Waals surface area contributed by atoms with Crippen molar-refractivity contribution in [3.05, 3.63) is 83.0 Å². The zero-order valence-corrected chi connectivity index (χ0v) is 18.3. The van der Waals surface area contributed by atoms with E-state index in [0.717, 1.165) is 12.5 Å². The third-order valence-corrected chi connectivity index (χ3v) is 7.17. The number of sulfone groups is 2. The van der Waals surface area contributed by atoms with E-state index in [1.165, 1.54) is 24.3 Å². The maximum Gasteiger partial charge on any atom is 0.201 e. The van der Waals surface area contributed by atoms with Gasteiger partial charge in [0.1, 0.15) is 11.3 Å². The molecule has 0 unspecified atom stereocenters. The van der Waals surface area contributed by atoms with E-state index in [-0.39, 0.29) is 26.5 Å². The molecule has 0 radical (unpaired) electrons. The summed E-state index contributed by atoms with van der Waals surface area (Å²) in [6, 6.07) is 18.9. The molecule has 0 saturated heterocycles. The average molecular weight is 455 g/mol. The third kappa shape index (κ3) is 4.04. The minimum absolute atomic E-state index is 0.139. The maximum atomic E-state index is 13.4. The summed E-state index contributed by atoms with van der Waals surface area (Å²) in [5, 5.41) is 0.390. The molecule has 0 spiro atoms. The van der Waals surface area contributed by atoms with Gasteiger partial charge in [-0.3, -0.25) is 4.79 Å². The lowest BCUT2D eigenvalue weighted by Gasteiger charge is -2.11. The van der Waals surface area contributed by atoms with Crippen LogP contribution in [0.1, 0.15) is 0 Å². The zero-order valence-electron chi connectivity index (χ0n) is 16.7. The van der Waals surface area contributed by atoms with Crippen LogP contribution < -0.4 is 5.43 Å². The molecule has 0 bridgehead atoms. The highest BCUT2D eigenvalue weighted by Gasteiger charge is 2.19. The van der Waals surface area contributed by atoms with Gasteiger partial charge in [-0.05, 0) is 54.1 Å². The fourth-order valence-corrected chi connectivity index (χ4v) is 4.59. The molecular formula is C23H18O6S2. The van der Waals surface area contributed by atoms with E-state index in [1.807, 2.05) is 0 Å². The number of para-hydroxylation sites is 1. The van der Waals surface area contributed by atoms with Crippen LogP contribution in [0.15, 0.2) is 91.8 Å². The predicted octanol–water partition coefficient (Wildman–Crippen LogP) is 3.93. The highest BCUT2D eigenvalue weighted by Crippen LogP contribution is 2.33. The monoisotopic (exact) mass is 454 g/mol. The van der Waals surface area contributed by atoms with Crippen molar-refractivity contribution in [3.63, 3.8) is 0 Å². The Hall–Kier alpha value is -3.23. The lowest BCUT2D eigenvalue weighted by atomic mass is 9.98. The molecule has 31 heavy (non-hydrogen) atoms. The molecule has 6 nitrogen and oxygen atoms in total. The molecule has 8 heteroatoms. The lowest BCUT2D eigenvalue weighted by molar-refractivity contribution is 0.600. The number of hydrogen-bond donors (Lipinski definition) is 0. The van der Waals surface area contributed by atoms with Crippen molar-refractivity contribution in [1.82, 2.24) is 0 Å². The van der Waals surface area contributed by atoms with E-state index in [9.17, 15) is 21.6 Å². The maximum absolute atomic E-state index is 13.4. The van der Waals surface area contributed by atoms with Gasteiger partial charge in [0.05, 0.1) is 20.7 Å². The highest BCUT2D eigenvalue weighted by molar-refractivity contribution is 7.91. The first-order valence-electron chi connectivity index (χ1n) is 9.22. The van der Waals surface area contributed by atoms with Gasteiger partial charge in [0.15, 0.2) is 19.7 Å². The fourth-order valence-electron chi connectivity index (χ4n) is 3.33. The van der Waals surface area contributed by atoms with Crippen molar-refractivity contribution in [3.8, 4) is 22.5 Å². The Balaban J connectivity index is 2.00. The first-order chi connectivity index (χ1) is 14.6. The standard InChI is InChI=1S/C23H18O6S2/c1-30(25,26)17-11-7-15(8-12-17)21-22(24)19-5-3-4-6-20(19)29-23(21)16-9-13-18(14-10-16)31(2,27)28/h3-14H,1-2H3. The fraction of sp³-hybridized carbons (Fsp3) is 0.0870. The van der Waals surface area contributed by atoms with Gasteiger partial charge in [0.2, 0.25) is 5.43 Å². The molecule has 0 N–H and O–H groups in total. The molecule has 0 saturated carbocycles. The van der Waals surface area contributed by atoms with E-state index < -0.39 is 19.7 Å². The molecule has 0 aliphatic rings. The summed E-state index contributed by atoms with van der Waals surface area (Å²) in [7, 11) is -6.76. The summed E-state index contributed by atoms with van der Waals surface area (Å²) < 4.78 is 53.2. The van der Waals surface area contributed by atoms with Crippen molar-refractivity contribution in [2.45, 2.75) is 9.79 Å². The largest absolute Gasteiger partial charge is 0.455 e. The van der Waals surface area contributed by atoms with Crippen LogP contribution in [-0.4, -0.2) is 29.3 Å². The van der Waals surface area contributed by atoms with Gasteiger partial charge < -0.3 is 4.42 Å². The third-order valence-electron chi connectivity index (χ3n) is 4.91. The van der Waals surface area contributed by atoms with Crippen LogP contribution in [0, 0.1) is 0 Å². The smallest absolute Gasteiger partial charge is 0.201 e. The van der Waals surface area contributed by atoms with E-state index in [4.69, 9.17) is 4.42 Å². The van der Waals surface area contributed by atoms with Gasteiger partial charge in [0, 0.05) is 18.1 Å². The summed E-state index contributed by atoms with van der Waals surface area (Å²) in [5.41, 5.74) is 1.42. The second-order valence-electron chi connectivity index (χ2n) is 7.22. The van der Waals surface area contributed by atoms with E-state index >= 15 is 0 Å². The molecule has 1 heterocycles. The van der Waals surface area contributed by atoms with Crippen molar-refractivity contribution >= 4 is 30.6 Å². The van der Waals surface area contributed by atoms with E-state index in [1.54, 1.807) is 48.5 Å². The van der Waals surface area contributed by atoms with Crippen LogP contribution in [0.3, 0.4) is 0 Å². The molecule has 0 atom stereocenters. The van der Waals surface area contributed by atoms with Gasteiger partial charge in [-0.25, -0.2) is 16.8 Å². The molecule has 1 aromatic heterocycles.